The van der Waals surface area contributed by atoms with Crippen LogP contribution in [0.15, 0.2) is 0 Å². The third-order valence-electron chi connectivity index (χ3n) is 3.27. The second-order valence-corrected chi connectivity index (χ2v) is 6.84. The number of nitrogens with two attached hydrogens (primary N) is 1. The van der Waals surface area contributed by atoms with E-state index in [0.29, 0.717) is 12.8 Å². The summed E-state index contributed by atoms with van der Waals surface area (Å²) in [5.41, 5.74) is 5.85. The van der Waals surface area contributed by atoms with Gasteiger partial charge in [-0.1, -0.05) is 12.8 Å². The van der Waals surface area contributed by atoms with E-state index >= 15 is 0 Å². The number of nitrogens with zero attached hydrogens (tertiary/aromatic N) is 1. The fraction of sp³-hybridized carbons (Fsp3) is 1.00. The lowest BCUT2D eigenvalue weighted by Gasteiger charge is -2.34. The molecule has 0 aromatic rings. The van der Waals surface area contributed by atoms with Crippen molar-refractivity contribution in [3.63, 3.8) is 0 Å². The molecule has 0 aliphatic heterocycles. The highest BCUT2D eigenvalue weighted by atomic mass is 32.2. The van der Waals surface area contributed by atoms with Gasteiger partial charge in [0.15, 0.2) is 0 Å². The van der Waals surface area contributed by atoms with Crippen molar-refractivity contribution in [1.29, 1.82) is 0 Å². The Morgan fingerprint density at radius 2 is 1.71 bits per heavy atom. The standard InChI is InChI=1S/C9H20N2O2S/c1-8(10)9(6-4-5-7-9)14(12,13)11(2)3/h8H,4-7,10H2,1-3H3. The lowest BCUT2D eigenvalue weighted by atomic mass is 9.99. The van der Waals surface area contributed by atoms with E-state index in [1.807, 2.05) is 0 Å². The van der Waals surface area contributed by atoms with E-state index < -0.39 is 14.8 Å². The summed E-state index contributed by atoms with van der Waals surface area (Å²) in [4.78, 5) is 0. The van der Waals surface area contributed by atoms with Crippen LogP contribution >= 0.6 is 0 Å². The van der Waals surface area contributed by atoms with Crippen LogP contribution in [-0.4, -0.2) is 37.6 Å². The molecule has 1 saturated carbocycles. The van der Waals surface area contributed by atoms with Crippen molar-refractivity contribution < 1.29 is 8.42 Å². The third kappa shape index (κ3) is 1.57. The Morgan fingerprint density at radius 1 is 1.29 bits per heavy atom. The average molecular weight is 220 g/mol. The molecule has 1 aliphatic rings. The molecule has 0 spiro atoms. The van der Waals surface area contributed by atoms with E-state index in [0.717, 1.165) is 12.8 Å². The maximum absolute atomic E-state index is 12.1. The molecular weight excluding hydrogens is 200 g/mol. The van der Waals surface area contributed by atoms with Gasteiger partial charge in [-0.3, -0.25) is 0 Å². The molecule has 0 heterocycles. The molecular formula is C9H20N2O2S. The Balaban J connectivity index is 3.12. The summed E-state index contributed by atoms with van der Waals surface area (Å²) >= 11 is 0. The number of hydrogen-bond donors (Lipinski definition) is 1. The molecule has 84 valence electrons. The zero-order chi connectivity index (χ0) is 11.0. The van der Waals surface area contributed by atoms with Gasteiger partial charge in [0.05, 0.1) is 0 Å². The molecule has 0 amide bonds. The number of rotatable bonds is 3. The summed E-state index contributed by atoms with van der Waals surface area (Å²) in [7, 11) is -0.0669. The summed E-state index contributed by atoms with van der Waals surface area (Å²) in [6.45, 7) is 1.80. The minimum Gasteiger partial charge on any atom is -0.326 e. The molecule has 5 heteroatoms. The van der Waals surface area contributed by atoms with Gasteiger partial charge in [-0.15, -0.1) is 0 Å². The maximum Gasteiger partial charge on any atom is 0.220 e. The van der Waals surface area contributed by atoms with Crippen molar-refractivity contribution in [3.05, 3.63) is 0 Å². The molecule has 1 atom stereocenters. The SMILES string of the molecule is CC(N)C1(S(=O)(=O)N(C)C)CCCC1. The molecule has 1 rings (SSSR count). The normalized spacial score (nSPS) is 24.1. The van der Waals surface area contributed by atoms with Gasteiger partial charge in [-0.25, -0.2) is 12.7 Å². The topological polar surface area (TPSA) is 63.4 Å². The molecule has 1 aliphatic carbocycles. The van der Waals surface area contributed by atoms with E-state index in [2.05, 4.69) is 0 Å². The van der Waals surface area contributed by atoms with Crippen molar-refractivity contribution in [2.75, 3.05) is 14.1 Å². The van der Waals surface area contributed by atoms with Crippen LogP contribution in [0.5, 0.6) is 0 Å². The minimum absolute atomic E-state index is 0.294. The van der Waals surface area contributed by atoms with Crippen LogP contribution in [0.1, 0.15) is 32.6 Å². The van der Waals surface area contributed by atoms with Crippen LogP contribution in [-0.2, 0) is 10.0 Å². The van der Waals surface area contributed by atoms with Gasteiger partial charge in [0.1, 0.15) is 4.75 Å². The maximum atomic E-state index is 12.1. The second kappa shape index (κ2) is 3.79. The summed E-state index contributed by atoms with van der Waals surface area (Å²) in [5, 5.41) is 0. The molecule has 1 unspecified atom stereocenters. The summed E-state index contributed by atoms with van der Waals surface area (Å²) in [5.74, 6) is 0. The molecule has 4 nitrogen and oxygen atoms in total. The Labute approximate surface area is 86.5 Å². The smallest absolute Gasteiger partial charge is 0.220 e. The highest BCUT2D eigenvalue weighted by Gasteiger charge is 2.49. The first-order valence-electron chi connectivity index (χ1n) is 5.02. The summed E-state index contributed by atoms with van der Waals surface area (Å²) < 4.78 is 24.9. The van der Waals surface area contributed by atoms with Gasteiger partial charge >= 0.3 is 0 Å². The minimum atomic E-state index is -3.23. The molecule has 14 heavy (non-hydrogen) atoms. The zero-order valence-electron chi connectivity index (χ0n) is 9.16. The van der Waals surface area contributed by atoms with Crippen LogP contribution in [0.4, 0.5) is 0 Å². The van der Waals surface area contributed by atoms with Crippen LogP contribution in [0.25, 0.3) is 0 Å². The van der Waals surface area contributed by atoms with Gasteiger partial charge < -0.3 is 5.73 Å². The predicted molar refractivity (Wildman–Crippen MR) is 57.5 cm³/mol. The van der Waals surface area contributed by atoms with Crippen LogP contribution in [0, 0.1) is 0 Å². The van der Waals surface area contributed by atoms with Crippen molar-refractivity contribution in [2.45, 2.75) is 43.4 Å². The monoisotopic (exact) mass is 220 g/mol. The fourth-order valence-corrected chi connectivity index (χ4v) is 4.29. The molecule has 0 saturated heterocycles. The van der Waals surface area contributed by atoms with Crippen molar-refractivity contribution >= 4 is 10.0 Å². The summed E-state index contributed by atoms with van der Waals surface area (Å²) in [6, 6.07) is -0.294. The molecule has 0 aromatic heterocycles. The fourth-order valence-electron chi connectivity index (χ4n) is 2.29. The molecule has 0 radical (unpaired) electrons. The molecule has 0 bridgehead atoms. The van der Waals surface area contributed by atoms with E-state index in [-0.39, 0.29) is 6.04 Å². The lowest BCUT2D eigenvalue weighted by molar-refractivity contribution is 0.416. The number of sulfonamides is 1. The van der Waals surface area contributed by atoms with Gasteiger partial charge in [0, 0.05) is 20.1 Å². The second-order valence-electron chi connectivity index (χ2n) is 4.35. The van der Waals surface area contributed by atoms with Crippen LogP contribution in [0.3, 0.4) is 0 Å². The van der Waals surface area contributed by atoms with Crippen LogP contribution < -0.4 is 5.73 Å². The number of hydrogen-bond acceptors (Lipinski definition) is 3. The van der Waals surface area contributed by atoms with E-state index in [1.165, 1.54) is 4.31 Å². The van der Waals surface area contributed by atoms with Crippen molar-refractivity contribution in [1.82, 2.24) is 4.31 Å². The Bertz CT molecular complexity index is 290. The van der Waals surface area contributed by atoms with Gasteiger partial charge in [0.25, 0.3) is 0 Å². The molecule has 2 N–H and O–H groups in total. The van der Waals surface area contributed by atoms with E-state index in [4.69, 9.17) is 5.73 Å². The Hall–Kier alpha value is -0.130. The largest absolute Gasteiger partial charge is 0.326 e. The van der Waals surface area contributed by atoms with E-state index in [1.54, 1.807) is 21.0 Å². The summed E-state index contributed by atoms with van der Waals surface area (Å²) in [6.07, 6.45) is 3.33. The average Bonchev–Trinajstić information content (AvgIpc) is 2.52. The predicted octanol–water partition coefficient (Wildman–Crippen LogP) is 0.538. The third-order valence-corrected chi connectivity index (χ3v) is 6.04. The highest BCUT2D eigenvalue weighted by molar-refractivity contribution is 7.90. The van der Waals surface area contributed by atoms with Gasteiger partial charge in [-0.05, 0) is 19.8 Å². The van der Waals surface area contributed by atoms with E-state index in [9.17, 15) is 8.42 Å². The van der Waals surface area contributed by atoms with Crippen LogP contribution in [0.2, 0.25) is 0 Å². The van der Waals surface area contributed by atoms with Crippen molar-refractivity contribution in [3.8, 4) is 0 Å². The zero-order valence-corrected chi connectivity index (χ0v) is 9.97. The molecule has 0 aromatic carbocycles. The first-order valence-corrected chi connectivity index (χ1v) is 6.46. The first-order chi connectivity index (χ1) is 6.34. The quantitative estimate of drug-likeness (QED) is 0.755. The first kappa shape index (κ1) is 11.9. The van der Waals surface area contributed by atoms with Crippen molar-refractivity contribution in [2.24, 2.45) is 5.73 Å². The highest BCUT2D eigenvalue weighted by Crippen LogP contribution is 2.39. The van der Waals surface area contributed by atoms with Gasteiger partial charge in [-0.2, -0.15) is 0 Å². The Kier molecular flexibility index (Phi) is 3.23. The lowest BCUT2D eigenvalue weighted by Crippen LogP contribution is -2.54. The van der Waals surface area contributed by atoms with Gasteiger partial charge in [0.2, 0.25) is 10.0 Å². The molecule has 1 fully saturated rings. The Morgan fingerprint density at radius 3 is 2.00 bits per heavy atom.